The second kappa shape index (κ2) is 5.25. The molecule has 1 aromatic heterocycles. The van der Waals surface area contributed by atoms with Crippen LogP contribution in [0.25, 0.3) is 0 Å². The predicted octanol–water partition coefficient (Wildman–Crippen LogP) is 3.11. The molecule has 1 atom stereocenters. The molecule has 1 aromatic rings. The highest BCUT2D eigenvalue weighted by Gasteiger charge is 2.03. The van der Waals surface area contributed by atoms with Crippen LogP contribution in [-0.4, -0.2) is 11.6 Å². The van der Waals surface area contributed by atoms with Gasteiger partial charge in [0.2, 0.25) is 5.88 Å². The fourth-order valence-corrected chi connectivity index (χ4v) is 1.14. The van der Waals surface area contributed by atoms with Gasteiger partial charge in [-0.05, 0) is 18.9 Å². The molecule has 0 spiro atoms. The molecule has 0 fully saturated rings. The lowest BCUT2D eigenvalue weighted by atomic mass is 10.2. The first-order valence-electron chi connectivity index (χ1n) is 4.87. The molecule has 0 amide bonds. The number of hydrogen-bond acceptors (Lipinski definition) is 3. The maximum Gasteiger partial charge on any atom is 0.213 e. The van der Waals surface area contributed by atoms with Crippen LogP contribution in [-0.2, 0) is 0 Å². The van der Waals surface area contributed by atoms with Gasteiger partial charge < -0.3 is 4.74 Å². The minimum Gasteiger partial charge on any atom is -0.477 e. The van der Waals surface area contributed by atoms with E-state index < -0.39 is 0 Å². The molecule has 0 aliphatic carbocycles. The summed E-state index contributed by atoms with van der Waals surface area (Å²) in [6, 6.07) is 5.78. The second-order valence-corrected chi connectivity index (χ2v) is 4.56. The van der Waals surface area contributed by atoms with Gasteiger partial charge in [-0.1, -0.05) is 19.9 Å². The van der Waals surface area contributed by atoms with E-state index in [-0.39, 0.29) is 5.25 Å². The van der Waals surface area contributed by atoms with Crippen LogP contribution in [0.2, 0.25) is 0 Å². The lowest BCUT2D eigenvalue weighted by Crippen LogP contribution is -2.06. The number of thiol groups is 1. The lowest BCUT2D eigenvalue weighted by Gasteiger charge is -2.09. The first-order chi connectivity index (χ1) is 6.59. The summed E-state index contributed by atoms with van der Waals surface area (Å²) in [6.07, 6.45) is 0. The van der Waals surface area contributed by atoms with Crippen molar-refractivity contribution in [1.29, 1.82) is 0 Å². The van der Waals surface area contributed by atoms with Gasteiger partial charge in [-0.2, -0.15) is 12.6 Å². The van der Waals surface area contributed by atoms with Crippen LogP contribution in [0.3, 0.4) is 0 Å². The van der Waals surface area contributed by atoms with Crippen molar-refractivity contribution in [3.63, 3.8) is 0 Å². The summed E-state index contributed by atoms with van der Waals surface area (Å²) in [6.45, 7) is 6.94. The third-order valence-corrected chi connectivity index (χ3v) is 2.00. The summed E-state index contributed by atoms with van der Waals surface area (Å²) < 4.78 is 5.51. The highest BCUT2D eigenvalue weighted by Crippen LogP contribution is 2.19. The third-order valence-electron chi connectivity index (χ3n) is 1.74. The summed E-state index contributed by atoms with van der Waals surface area (Å²) in [4.78, 5) is 4.35. The van der Waals surface area contributed by atoms with Crippen molar-refractivity contribution >= 4 is 12.6 Å². The Morgan fingerprint density at radius 1 is 1.36 bits per heavy atom. The molecule has 0 bridgehead atoms. The molecule has 2 nitrogen and oxygen atoms in total. The summed E-state index contributed by atoms with van der Waals surface area (Å²) in [5.74, 6) is 1.21. The summed E-state index contributed by atoms with van der Waals surface area (Å²) >= 11 is 4.33. The Labute approximate surface area is 91.1 Å². The van der Waals surface area contributed by atoms with E-state index in [0.717, 1.165) is 5.69 Å². The summed E-state index contributed by atoms with van der Waals surface area (Å²) in [5.41, 5.74) is 0.953. The Kier molecular flexibility index (Phi) is 4.26. The average molecular weight is 211 g/mol. The molecule has 78 valence electrons. The van der Waals surface area contributed by atoms with Gasteiger partial charge >= 0.3 is 0 Å². The van der Waals surface area contributed by atoms with Gasteiger partial charge in [-0.3, -0.25) is 0 Å². The molecule has 0 aromatic carbocycles. The molecule has 0 aliphatic heterocycles. The van der Waals surface area contributed by atoms with Crippen molar-refractivity contribution in [1.82, 2.24) is 4.98 Å². The number of pyridine rings is 1. The van der Waals surface area contributed by atoms with E-state index in [1.807, 2.05) is 25.1 Å². The normalized spacial score (nSPS) is 12.9. The molecule has 3 heteroatoms. The zero-order chi connectivity index (χ0) is 10.6. The standard InChI is InChI=1S/C11H17NOS/c1-8(2)7-13-11-6-4-5-10(12-11)9(3)14/h4-6,8-9,14H,7H2,1-3H3. The van der Waals surface area contributed by atoms with Crippen molar-refractivity contribution < 1.29 is 4.74 Å². The molecule has 0 saturated heterocycles. The maximum absolute atomic E-state index is 5.51. The van der Waals surface area contributed by atoms with Crippen LogP contribution in [0.4, 0.5) is 0 Å². The number of rotatable bonds is 4. The van der Waals surface area contributed by atoms with E-state index in [9.17, 15) is 0 Å². The highest BCUT2D eigenvalue weighted by atomic mass is 32.1. The smallest absolute Gasteiger partial charge is 0.213 e. The second-order valence-electron chi connectivity index (χ2n) is 3.78. The first kappa shape index (κ1) is 11.4. The molecule has 0 aliphatic rings. The zero-order valence-corrected chi connectivity index (χ0v) is 9.79. The number of nitrogens with zero attached hydrogens (tertiary/aromatic N) is 1. The van der Waals surface area contributed by atoms with Crippen molar-refractivity contribution in [3.05, 3.63) is 23.9 Å². The van der Waals surface area contributed by atoms with Crippen molar-refractivity contribution in [3.8, 4) is 5.88 Å². The monoisotopic (exact) mass is 211 g/mol. The predicted molar refractivity (Wildman–Crippen MR) is 62.0 cm³/mol. The maximum atomic E-state index is 5.51. The van der Waals surface area contributed by atoms with Gasteiger partial charge in [0.15, 0.2) is 0 Å². The minimum absolute atomic E-state index is 0.151. The topological polar surface area (TPSA) is 22.1 Å². The van der Waals surface area contributed by atoms with Gasteiger partial charge in [0.05, 0.1) is 12.3 Å². The van der Waals surface area contributed by atoms with Crippen LogP contribution in [0.1, 0.15) is 31.7 Å². The number of hydrogen-bond donors (Lipinski definition) is 1. The van der Waals surface area contributed by atoms with Gasteiger partial charge in [0, 0.05) is 11.3 Å². The molecule has 0 saturated carbocycles. The van der Waals surface area contributed by atoms with Crippen LogP contribution >= 0.6 is 12.6 Å². The lowest BCUT2D eigenvalue weighted by molar-refractivity contribution is 0.260. The van der Waals surface area contributed by atoms with E-state index in [4.69, 9.17) is 4.74 Å². The SMILES string of the molecule is CC(C)COc1cccc(C(C)S)n1. The van der Waals surface area contributed by atoms with Crippen LogP contribution in [0.15, 0.2) is 18.2 Å². The van der Waals surface area contributed by atoms with Crippen molar-refractivity contribution in [2.45, 2.75) is 26.0 Å². The van der Waals surface area contributed by atoms with E-state index in [2.05, 4.69) is 31.5 Å². The van der Waals surface area contributed by atoms with Crippen LogP contribution in [0.5, 0.6) is 5.88 Å². The highest BCUT2D eigenvalue weighted by molar-refractivity contribution is 7.80. The van der Waals surface area contributed by atoms with E-state index in [0.29, 0.717) is 18.4 Å². The first-order valence-corrected chi connectivity index (χ1v) is 5.39. The largest absolute Gasteiger partial charge is 0.477 e. The molecule has 1 rings (SSSR count). The van der Waals surface area contributed by atoms with Crippen molar-refractivity contribution in [2.24, 2.45) is 5.92 Å². The molecular weight excluding hydrogens is 194 g/mol. The van der Waals surface area contributed by atoms with E-state index >= 15 is 0 Å². The average Bonchev–Trinajstić information content (AvgIpc) is 2.15. The molecule has 0 N–H and O–H groups in total. The minimum atomic E-state index is 0.151. The van der Waals surface area contributed by atoms with Crippen molar-refractivity contribution in [2.75, 3.05) is 6.61 Å². The molecule has 14 heavy (non-hydrogen) atoms. The van der Waals surface area contributed by atoms with Gasteiger partial charge in [-0.15, -0.1) is 0 Å². The van der Waals surface area contributed by atoms with Gasteiger partial charge in [-0.25, -0.2) is 4.98 Å². The van der Waals surface area contributed by atoms with Crippen LogP contribution in [0, 0.1) is 5.92 Å². The molecule has 1 unspecified atom stereocenters. The summed E-state index contributed by atoms with van der Waals surface area (Å²) in [7, 11) is 0. The number of ether oxygens (including phenoxy) is 1. The van der Waals surface area contributed by atoms with E-state index in [1.54, 1.807) is 0 Å². The van der Waals surface area contributed by atoms with Crippen LogP contribution < -0.4 is 4.74 Å². The van der Waals surface area contributed by atoms with E-state index in [1.165, 1.54) is 0 Å². The fraction of sp³-hybridized carbons (Fsp3) is 0.545. The Morgan fingerprint density at radius 2 is 2.07 bits per heavy atom. The van der Waals surface area contributed by atoms with Gasteiger partial charge in [0.25, 0.3) is 0 Å². The Hall–Kier alpha value is -0.700. The number of aromatic nitrogens is 1. The molecule has 1 heterocycles. The summed E-state index contributed by atoms with van der Waals surface area (Å²) in [5, 5.41) is 0.151. The quantitative estimate of drug-likeness (QED) is 0.773. The Bertz CT molecular complexity index is 286. The molecular formula is C11H17NOS. The fourth-order valence-electron chi connectivity index (χ4n) is 0.996. The van der Waals surface area contributed by atoms with Gasteiger partial charge in [0.1, 0.15) is 0 Å². The Morgan fingerprint density at radius 3 is 2.64 bits per heavy atom. The molecule has 0 radical (unpaired) electrons. The zero-order valence-electron chi connectivity index (χ0n) is 8.90. The Balaban J connectivity index is 2.64. The third kappa shape index (κ3) is 3.58.